The van der Waals surface area contributed by atoms with E-state index in [-0.39, 0.29) is 18.2 Å². The summed E-state index contributed by atoms with van der Waals surface area (Å²) in [5.74, 6) is -0.766. The summed E-state index contributed by atoms with van der Waals surface area (Å²) in [6.07, 6.45) is 3.00. The summed E-state index contributed by atoms with van der Waals surface area (Å²) >= 11 is 0. The number of amides is 1. The highest BCUT2D eigenvalue weighted by molar-refractivity contribution is 5.86. The molecule has 1 aliphatic heterocycles. The number of carbonyl (C=O) groups is 1. The zero-order valence-electron chi connectivity index (χ0n) is 18.7. The minimum atomic E-state index is -0.949. The standard InChI is InChI=1S/C27H23F2N3O3/c28-20-10-9-17(13-21(20)29)16-30-27(34)23-6-3-11-32(23)26-15-18(25-8-4-12-35-25)14-22(31-26)19-5-1-2-7-24(19)33/h1-2,4-5,7-10,12-15,23,33H,3,6,11,16H2,(H,30,34)/t23-/m0/s1. The number of aromatic hydroxyl groups is 1. The van der Waals surface area contributed by atoms with Crippen molar-refractivity contribution in [3.05, 3.63) is 90.2 Å². The number of carbonyl (C=O) groups excluding carboxylic acids is 1. The topological polar surface area (TPSA) is 78.6 Å². The summed E-state index contributed by atoms with van der Waals surface area (Å²) in [5, 5.41) is 13.2. The van der Waals surface area contributed by atoms with Crippen LogP contribution in [0.5, 0.6) is 5.75 Å². The lowest BCUT2D eigenvalue weighted by molar-refractivity contribution is -0.122. The first-order chi connectivity index (χ1) is 17.0. The van der Waals surface area contributed by atoms with Crippen molar-refractivity contribution in [1.82, 2.24) is 10.3 Å². The molecular weight excluding hydrogens is 452 g/mol. The van der Waals surface area contributed by atoms with Crippen molar-refractivity contribution in [3.63, 3.8) is 0 Å². The Balaban J connectivity index is 1.44. The van der Waals surface area contributed by atoms with Gasteiger partial charge in [-0.3, -0.25) is 4.79 Å². The summed E-state index contributed by atoms with van der Waals surface area (Å²) in [6, 6.07) is 17.4. The molecule has 0 unspecified atom stereocenters. The molecule has 1 atom stereocenters. The zero-order valence-corrected chi connectivity index (χ0v) is 18.7. The molecule has 6 nitrogen and oxygen atoms in total. The quantitative estimate of drug-likeness (QED) is 0.397. The normalized spacial score (nSPS) is 15.4. The van der Waals surface area contributed by atoms with Gasteiger partial charge in [-0.1, -0.05) is 18.2 Å². The molecule has 4 aromatic rings. The molecule has 2 N–H and O–H groups in total. The monoisotopic (exact) mass is 475 g/mol. The minimum Gasteiger partial charge on any atom is -0.507 e. The first-order valence-electron chi connectivity index (χ1n) is 11.3. The van der Waals surface area contributed by atoms with Gasteiger partial charge in [0.2, 0.25) is 5.91 Å². The van der Waals surface area contributed by atoms with Crippen LogP contribution in [-0.2, 0) is 11.3 Å². The molecule has 3 heterocycles. The second-order valence-corrected chi connectivity index (χ2v) is 8.41. The van der Waals surface area contributed by atoms with E-state index in [2.05, 4.69) is 5.32 Å². The molecule has 8 heteroatoms. The number of nitrogens with zero attached hydrogens (tertiary/aromatic N) is 2. The van der Waals surface area contributed by atoms with E-state index in [0.29, 0.717) is 41.4 Å². The van der Waals surface area contributed by atoms with Crippen molar-refractivity contribution in [2.75, 3.05) is 11.4 Å². The number of benzene rings is 2. The van der Waals surface area contributed by atoms with Crippen LogP contribution in [0, 0.1) is 11.6 Å². The molecule has 1 amide bonds. The molecule has 0 radical (unpaired) electrons. The van der Waals surface area contributed by atoms with Crippen LogP contribution >= 0.6 is 0 Å². The number of pyridine rings is 1. The summed E-state index contributed by atoms with van der Waals surface area (Å²) in [4.78, 5) is 19.8. The molecule has 5 rings (SSSR count). The smallest absolute Gasteiger partial charge is 0.243 e. The van der Waals surface area contributed by atoms with Gasteiger partial charge >= 0.3 is 0 Å². The highest BCUT2D eigenvalue weighted by Crippen LogP contribution is 2.35. The number of hydrogen-bond acceptors (Lipinski definition) is 5. The molecule has 1 saturated heterocycles. The van der Waals surface area contributed by atoms with Gasteiger partial charge in [-0.15, -0.1) is 0 Å². The highest BCUT2D eigenvalue weighted by atomic mass is 19.2. The van der Waals surface area contributed by atoms with Gasteiger partial charge < -0.3 is 19.7 Å². The van der Waals surface area contributed by atoms with E-state index in [1.807, 2.05) is 29.2 Å². The summed E-state index contributed by atoms with van der Waals surface area (Å²) < 4.78 is 32.3. The number of aromatic nitrogens is 1. The number of rotatable bonds is 6. The summed E-state index contributed by atoms with van der Waals surface area (Å²) in [6.45, 7) is 0.710. The van der Waals surface area contributed by atoms with Crippen molar-refractivity contribution in [2.24, 2.45) is 0 Å². The fourth-order valence-corrected chi connectivity index (χ4v) is 4.35. The Labute approximate surface area is 200 Å². The van der Waals surface area contributed by atoms with E-state index >= 15 is 0 Å². The van der Waals surface area contributed by atoms with Gasteiger partial charge in [0.25, 0.3) is 0 Å². The molecule has 178 valence electrons. The van der Waals surface area contributed by atoms with E-state index in [1.165, 1.54) is 6.07 Å². The van der Waals surface area contributed by atoms with Gasteiger partial charge in [-0.05, 0) is 66.9 Å². The van der Waals surface area contributed by atoms with Crippen molar-refractivity contribution >= 4 is 11.7 Å². The van der Waals surface area contributed by atoms with Crippen LogP contribution in [-0.4, -0.2) is 28.6 Å². The van der Waals surface area contributed by atoms with Gasteiger partial charge in [0.1, 0.15) is 23.4 Å². The van der Waals surface area contributed by atoms with Gasteiger partial charge in [0, 0.05) is 24.2 Å². The lowest BCUT2D eigenvalue weighted by atomic mass is 10.1. The largest absolute Gasteiger partial charge is 0.507 e. The third-order valence-electron chi connectivity index (χ3n) is 6.10. The van der Waals surface area contributed by atoms with Crippen LogP contribution in [0.4, 0.5) is 14.6 Å². The minimum absolute atomic E-state index is 0.0867. The molecule has 0 spiro atoms. The molecular formula is C27H23F2N3O3. The number of phenolic OH excluding ortho intramolecular Hbond substituents is 1. The Bertz CT molecular complexity index is 1360. The van der Waals surface area contributed by atoms with Crippen molar-refractivity contribution in [2.45, 2.75) is 25.4 Å². The van der Waals surface area contributed by atoms with Gasteiger partial charge in [0.15, 0.2) is 11.6 Å². The Morgan fingerprint density at radius 3 is 2.71 bits per heavy atom. The molecule has 2 aromatic carbocycles. The SMILES string of the molecule is O=C(NCc1ccc(F)c(F)c1)[C@@H]1CCCN1c1cc(-c2ccco2)cc(-c2ccccc2O)n1. The average Bonchev–Trinajstić information content (AvgIpc) is 3.57. The van der Waals surface area contributed by atoms with Crippen LogP contribution in [0.2, 0.25) is 0 Å². The van der Waals surface area contributed by atoms with Crippen molar-refractivity contribution < 1.29 is 23.1 Å². The Hall–Kier alpha value is -4.20. The number of phenols is 1. The number of halogens is 2. The fourth-order valence-electron chi connectivity index (χ4n) is 4.35. The maximum Gasteiger partial charge on any atom is 0.243 e. The molecule has 1 fully saturated rings. The predicted octanol–water partition coefficient (Wildman–Crippen LogP) is 5.28. The molecule has 1 aliphatic rings. The number of anilines is 1. The lowest BCUT2D eigenvalue weighted by Gasteiger charge is -2.26. The van der Waals surface area contributed by atoms with E-state index in [9.17, 15) is 18.7 Å². The summed E-state index contributed by atoms with van der Waals surface area (Å²) in [7, 11) is 0. The van der Waals surface area contributed by atoms with E-state index in [4.69, 9.17) is 9.40 Å². The number of hydrogen-bond donors (Lipinski definition) is 2. The molecule has 0 bridgehead atoms. The predicted molar refractivity (Wildman–Crippen MR) is 128 cm³/mol. The van der Waals surface area contributed by atoms with Crippen molar-refractivity contribution in [1.29, 1.82) is 0 Å². The van der Waals surface area contributed by atoms with E-state index < -0.39 is 17.7 Å². The van der Waals surface area contributed by atoms with Gasteiger partial charge in [0.05, 0.1) is 12.0 Å². The maximum atomic E-state index is 13.5. The van der Waals surface area contributed by atoms with Crippen LogP contribution in [0.3, 0.4) is 0 Å². The number of furan rings is 1. The number of nitrogens with one attached hydrogen (secondary N) is 1. The van der Waals surface area contributed by atoms with E-state index in [0.717, 1.165) is 24.1 Å². The van der Waals surface area contributed by atoms with Crippen LogP contribution in [0.25, 0.3) is 22.6 Å². The Morgan fingerprint density at radius 2 is 1.94 bits per heavy atom. The molecule has 35 heavy (non-hydrogen) atoms. The third-order valence-corrected chi connectivity index (χ3v) is 6.10. The Kier molecular flexibility index (Phi) is 6.18. The fraction of sp³-hybridized carbons (Fsp3) is 0.185. The highest BCUT2D eigenvalue weighted by Gasteiger charge is 2.32. The number of para-hydroxylation sites is 1. The maximum absolute atomic E-state index is 13.5. The lowest BCUT2D eigenvalue weighted by Crippen LogP contribution is -2.43. The summed E-state index contributed by atoms with van der Waals surface area (Å²) in [5.41, 5.74) is 2.37. The third kappa shape index (κ3) is 4.73. The van der Waals surface area contributed by atoms with E-state index in [1.54, 1.807) is 30.5 Å². The average molecular weight is 475 g/mol. The first-order valence-corrected chi connectivity index (χ1v) is 11.3. The van der Waals surface area contributed by atoms with Crippen LogP contribution in [0.1, 0.15) is 18.4 Å². The van der Waals surface area contributed by atoms with Gasteiger partial charge in [-0.25, -0.2) is 13.8 Å². The van der Waals surface area contributed by atoms with Crippen molar-refractivity contribution in [3.8, 4) is 28.3 Å². The molecule has 0 aliphatic carbocycles. The second-order valence-electron chi connectivity index (χ2n) is 8.41. The second kappa shape index (κ2) is 9.58. The van der Waals surface area contributed by atoms with Crippen LogP contribution in [0.15, 0.2) is 77.4 Å². The zero-order chi connectivity index (χ0) is 24.4. The van der Waals surface area contributed by atoms with Gasteiger partial charge in [-0.2, -0.15) is 0 Å². The van der Waals surface area contributed by atoms with Crippen LogP contribution < -0.4 is 10.2 Å². The molecule has 2 aromatic heterocycles. The Morgan fingerprint density at radius 1 is 1.09 bits per heavy atom. The first kappa shape index (κ1) is 22.6. The molecule has 0 saturated carbocycles.